The predicted octanol–water partition coefficient (Wildman–Crippen LogP) is 5.31. The minimum absolute atomic E-state index is 0.193. The lowest BCUT2D eigenvalue weighted by Gasteiger charge is -2.14. The average Bonchev–Trinajstić information content (AvgIpc) is 3.08. The fourth-order valence-corrected chi connectivity index (χ4v) is 4.99. The van der Waals surface area contributed by atoms with Crippen LogP contribution in [0.5, 0.6) is 0 Å². The molecule has 176 valence electrons. The van der Waals surface area contributed by atoms with E-state index in [4.69, 9.17) is 17.2 Å². The van der Waals surface area contributed by atoms with Gasteiger partial charge in [-0.1, -0.05) is 79.6 Å². The van der Waals surface area contributed by atoms with Crippen molar-refractivity contribution >= 4 is 51.7 Å². The lowest BCUT2D eigenvalue weighted by molar-refractivity contribution is -0.122. The van der Waals surface area contributed by atoms with Crippen molar-refractivity contribution in [3.8, 4) is 0 Å². The van der Waals surface area contributed by atoms with Crippen molar-refractivity contribution in [2.24, 2.45) is 0 Å². The molecule has 0 atom stereocenters. The zero-order valence-corrected chi connectivity index (χ0v) is 21.3. The average molecular weight is 493 g/mol. The summed E-state index contributed by atoms with van der Waals surface area (Å²) in [6.07, 6.45) is 6.58. The number of hydrogen-bond donors (Lipinski definition) is 1. The highest BCUT2D eigenvalue weighted by atomic mass is 32.2. The molecule has 3 aromatic rings. The number of carbonyl (C=O) groups excluding carboxylic acids is 1. The third-order valence-corrected chi connectivity index (χ3v) is 7.07. The largest absolute Gasteiger partial charge is 0.369 e. The molecule has 0 unspecified atom stereocenters. The minimum atomic E-state index is -0.213. The fourth-order valence-electron chi connectivity index (χ4n) is 3.75. The summed E-state index contributed by atoms with van der Waals surface area (Å²) >= 11 is 6.73. The number of thiocarbonyl (C=S) groups is 1. The fraction of sp³-hybridized carbons (Fsp3) is 0.308. The molecule has 2 aromatic heterocycles. The van der Waals surface area contributed by atoms with E-state index in [0.29, 0.717) is 39.3 Å². The SMILES string of the molecule is CCCCCNc1nc2ccc(C)cn2c(=O)c1/C=C1/SC(=S)N(Cc2ccc(C)cc2)C1=O. The van der Waals surface area contributed by atoms with Crippen molar-refractivity contribution < 1.29 is 4.79 Å². The van der Waals surface area contributed by atoms with Gasteiger partial charge in [0.1, 0.15) is 15.8 Å². The van der Waals surface area contributed by atoms with E-state index in [1.54, 1.807) is 17.2 Å². The lowest BCUT2D eigenvalue weighted by Crippen LogP contribution is -2.27. The summed E-state index contributed by atoms with van der Waals surface area (Å²) in [7, 11) is 0. The van der Waals surface area contributed by atoms with Crippen LogP contribution in [0.4, 0.5) is 5.82 Å². The van der Waals surface area contributed by atoms with Crippen molar-refractivity contribution in [1.82, 2.24) is 14.3 Å². The standard InChI is InChI=1S/C26H28N4O2S2/c1-4-5-6-13-27-23-20(24(31)29-15-18(3)9-12-22(29)28-23)14-21-25(32)30(26(33)34-21)16-19-10-7-17(2)8-11-19/h7-12,14-15,27H,4-6,13,16H2,1-3H3/b21-14+. The van der Waals surface area contributed by atoms with E-state index in [1.807, 2.05) is 50.2 Å². The molecule has 8 heteroatoms. The topological polar surface area (TPSA) is 66.7 Å². The number of aromatic nitrogens is 2. The van der Waals surface area contributed by atoms with Gasteiger partial charge in [0.15, 0.2) is 0 Å². The number of pyridine rings is 1. The van der Waals surface area contributed by atoms with Crippen molar-refractivity contribution in [2.45, 2.75) is 46.6 Å². The first-order valence-electron chi connectivity index (χ1n) is 11.4. The van der Waals surface area contributed by atoms with Crippen LogP contribution in [0, 0.1) is 13.8 Å². The van der Waals surface area contributed by atoms with Gasteiger partial charge in [-0.25, -0.2) is 4.98 Å². The van der Waals surface area contributed by atoms with Gasteiger partial charge in [-0.15, -0.1) is 0 Å². The van der Waals surface area contributed by atoms with Gasteiger partial charge in [0.2, 0.25) is 0 Å². The number of aryl methyl sites for hydroxylation is 2. The van der Waals surface area contributed by atoms with E-state index in [9.17, 15) is 9.59 Å². The maximum atomic E-state index is 13.4. The van der Waals surface area contributed by atoms with Crippen molar-refractivity contribution in [2.75, 3.05) is 11.9 Å². The van der Waals surface area contributed by atoms with Gasteiger partial charge in [-0.2, -0.15) is 0 Å². The Morgan fingerprint density at radius 2 is 1.79 bits per heavy atom. The zero-order valence-electron chi connectivity index (χ0n) is 19.6. The number of nitrogens with zero attached hydrogens (tertiary/aromatic N) is 3. The molecule has 1 N–H and O–H groups in total. The summed E-state index contributed by atoms with van der Waals surface area (Å²) in [5.74, 6) is 0.301. The van der Waals surface area contributed by atoms with Crippen molar-refractivity contribution in [3.05, 3.63) is 80.1 Å². The Bertz CT molecular complexity index is 1330. The summed E-state index contributed by atoms with van der Waals surface area (Å²) in [6, 6.07) is 11.8. The first kappa shape index (κ1) is 24.2. The van der Waals surface area contributed by atoms with Gasteiger partial charge >= 0.3 is 0 Å². The van der Waals surface area contributed by atoms with Gasteiger partial charge in [-0.3, -0.25) is 18.9 Å². The number of rotatable bonds is 8. The number of amides is 1. The molecule has 0 bridgehead atoms. The number of fused-ring (bicyclic) bond motifs is 1. The van der Waals surface area contributed by atoms with Crippen LogP contribution in [0.2, 0.25) is 0 Å². The van der Waals surface area contributed by atoms with Crippen LogP contribution >= 0.6 is 24.0 Å². The molecule has 1 saturated heterocycles. The molecule has 1 aliphatic heterocycles. The molecule has 4 rings (SSSR count). The number of carbonyl (C=O) groups is 1. The number of anilines is 1. The maximum Gasteiger partial charge on any atom is 0.267 e. The zero-order chi connectivity index (χ0) is 24.2. The van der Waals surface area contributed by atoms with Gasteiger partial charge in [-0.05, 0) is 43.5 Å². The van der Waals surface area contributed by atoms with E-state index in [1.165, 1.54) is 16.2 Å². The molecule has 34 heavy (non-hydrogen) atoms. The summed E-state index contributed by atoms with van der Waals surface area (Å²) in [6.45, 7) is 7.21. The minimum Gasteiger partial charge on any atom is -0.369 e. The van der Waals surface area contributed by atoms with Gasteiger partial charge in [0, 0.05) is 12.7 Å². The third kappa shape index (κ3) is 5.23. The second-order valence-electron chi connectivity index (χ2n) is 8.50. The molecule has 0 saturated carbocycles. The second-order valence-corrected chi connectivity index (χ2v) is 10.2. The van der Waals surface area contributed by atoms with E-state index >= 15 is 0 Å². The summed E-state index contributed by atoms with van der Waals surface area (Å²) in [5.41, 5.74) is 3.84. The van der Waals surface area contributed by atoms with Gasteiger partial charge < -0.3 is 5.32 Å². The van der Waals surface area contributed by atoms with E-state index < -0.39 is 0 Å². The number of thioether (sulfide) groups is 1. The van der Waals surface area contributed by atoms with Crippen LogP contribution in [0.3, 0.4) is 0 Å². The van der Waals surface area contributed by atoms with Crippen LogP contribution in [-0.2, 0) is 11.3 Å². The highest BCUT2D eigenvalue weighted by Crippen LogP contribution is 2.34. The van der Waals surface area contributed by atoms with Crippen LogP contribution in [0.1, 0.15) is 48.4 Å². The number of hydrogen-bond acceptors (Lipinski definition) is 6. The smallest absolute Gasteiger partial charge is 0.267 e. The van der Waals surface area contributed by atoms with Gasteiger partial charge in [0.25, 0.3) is 11.5 Å². The number of nitrogens with one attached hydrogen (secondary N) is 1. The Balaban J connectivity index is 1.69. The molecule has 0 spiro atoms. The Hall–Kier alpha value is -2.97. The highest BCUT2D eigenvalue weighted by molar-refractivity contribution is 8.26. The molecule has 1 fully saturated rings. The molecule has 1 amide bonds. The van der Waals surface area contributed by atoms with Crippen LogP contribution in [0.25, 0.3) is 11.7 Å². The quantitative estimate of drug-likeness (QED) is 0.261. The molecule has 6 nitrogen and oxygen atoms in total. The lowest BCUT2D eigenvalue weighted by atomic mass is 10.1. The molecule has 1 aromatic carbocycles. The Kier molecular flexibility index (Phi) is 7.48. The Morgan fingerprint density at radius 1 is 1.06 bits per heavy atom. The number of unbranched alkanes of at least 4 members (excludes halogenated alkanes) is 2. The predicted molar refractivity (Wildman–Crippen MR) is 144 cm³/mol. The third-order valence-electron chi connectivity index (χ3n) is 5.69. The van der Waals surface area contributed by atoms with Crippen molar-refractivity contribution in [1.29, 1.82) is 0 Å². The molecular weight excluding hydrogens is 464 g/mol. The monoisotopic (exact) mass is 492 g/mol. The Morgan fingerprint density at radius 3 is 2.53 bits per heavy atom. The molecule has 0 aliphatic carbocycles. The molecule has 1 aliphatic rings. The first-order chi connectivity index (χ1) is 16.4. The highest BCUT2D eigenvalue weighted by Gasteiger charge is 2.32. The van der Waals surface area contributed by atoms with E-state index in [0.717, 1.165) is 36.0 Å². The van der Waals surface area contributed by atoms with Crippen LogP contribution in [0.15, 0.2) is 52.3 Å². The summed E-state index contributed by atoms with van der Waals surface area (Å²) in [4.78, 5) is 33.4. The summed E-state index contributed by atoms with van der Waals surface area (Å²) in [5, 5.41) is 3.32. The van der Waals surface area contributed by atoms with E-state index in [2.05, 4.69) is 12.2 Å². The van der Waals surface area contributed by atoms with Crippen LogP contribution in [-0.4, -0.2) is 31.1 Å². The molecule has 0 radical (unpaired) electrons. The normalized spacial score (nSPS) is 15.0. The van der Waals surface area contributed by atoms with Crippen molar-refractivity contribution in [3.63, 3.8) is 0 Å². The maximum absolute atomic E-state index is 13.4. The summed E-state index contributed by atoms with van der Waals surface area (Å²) < 4.78 is 2.02. The second kappa shape index (κ2) is 10.5. The molecular formula is C26H28N4O2S2. The molecule has 3 heterocycles. The van der Waals surface area contributed by atoms with Crippen LogP contribution < -0.4 is 10.9 Å². The van der Waals surface area contributed by atoms with Gasteiger partial charge in [0.05, 0.1) is 17.0 Å². The first-order valence-corrected chi connectivity index (χ1v) is 12.7. The Labute approximate surface area is 209 Å². The van der Waals surface area contributed by atoms with E-state index in [-0.39, 0.29) is 11.5 Å². The number of benzene rings is 1.